The molecule has 1 amide bonds. The summed E-state index contributed by atoms with van der Waals surface area (Å²) in [6.07, 6.45) is 5.31. The maximum Gasteiger partial charge on any atom is 0.407 e. The number of ether oxygens (including phenoxy) is 1. The Morgan fingerprint density at radius 3 is 2.47 bits per heavy atom. The third-order valence-electron chi connectivity index (χ3n) is 4.91. The summed E-state index contributed by atoms with van der Waals surface area (Å²) >= 11 is 5.86. The lowest BCUT2D eigenvalue weighted by Gasteiger charge is -2.29. The SMILES string of the molecule is O=C(O)N1CCC(c2nccnc2Oc2ccc(Nc3ccc(Cl)cn3)cc2)CC1. The van der Waals surface area contributed by atoms with Crippen molar-refractivity contribution >= 4 is 29.2 Å². The van der Waals surface area contributed by atoms with E-state index in [1.165, 1.54) is 4.90 Å². The fraction of sp³-hybridized carbons (Fsp3) is 0.238. The summed E-state index contributed by atoms with van der Waals surface area (Å²) in [5.41, 5.74) is 1.62. The Hall–Kier alpha value is -3.39. The molecule has 154 valence electrons. The topological polar surface area (TPSA) is 100 Å². The highest BCUT2D eigenvalue weighted by Gasteiger charge is 2.27. The fourth-order valence-corrected chi connectivity index (χ4v) is 3.47. The molecule has 1 aliphatic heterocycles. The number of nitrogens with one attached hydrogen (secondary N) is 1. The van der Waals surface area contributed by atoms with Crippen molar-refractivity contribution in [1.82, 2.24) is 19.9 Å². The molecule has 3 heterocycles. The van der Waals surface area contributed by atoms with Crippen LogP contribution in [0.25, 0.3) is 0 Å². The molecule has 2 N–H and O–H groups in total. The van der Waals surface area contributed by atoms with Gasteiger partial charge >= 0.3 is 6.09 Å². The van der Waals surface area contributed by atoms with E-state index < -0.39 is 6.09 Å². The molecule has 1 aromatic carbocycles. The smallest absolute Gasteiger partial charge is 0.407 e. The molecule has 9 heteroatoms. The van der Waals surface area contributed by atoms with Crippen LogP contribution in [0.5, 0.6) is 11.6 Å². The van der Waals surface area contributed by atoms with E-state index in [4.69, 9.17) is 21.4 Å². The van der Waals surface area contributed by atoms with Gasteiger partial charge in [-0.1, -0.05) is 11.6 Å². The summed E-state index contributed by atoms with van der Waals surface area (Å²) in [4.78, 5) is 25.6. The quantitative estimate of drug-likeness (QED) is 0.598. The molecule has 0 radical (unpaired) electrons. The first kappa shape index (κ1) is 19.9. The largest absolute Gasteiger partial charge is 0.465 e. The predicted octanol–water partition coefficient (Wildman–Crippen LogP) is 4.92. The second-order valence-electron chi connectivity index (χ2n) is 6.90. The molecular formula is C21H20ClN5O3. The molecular weight excluding hydrogens is 406 g/mol. The van der Waals surface area contributed by atoms with Gasteiger partial charge in [0.2, 0.25) is 5.88 Å². The third kappa shape index (κ3) is 4.77. The highest BCUT2D eigenvalue weighted by atomic mass is 35.5. The van der Waals surface area contributed by atoms with E-state index in [0.717, 1.165) is 11.4 Å². The lowest BCUT2D eigenvalue weighted by Crippen LogP contribution is -2.37. The number of nitrogens with zero attached hydrogens (tertiary/aromatic N) is 4. The van der Waals surface area contributed by atoms with Crippen LogP contribution in [0.15, 0.2) is 55.0 Å². The molecule has 4 rings (SSSR count). The van der Waals surface area contributed by atoms with E-state index in [9.17, 15) is 4.79 Å². The molecule has 1 saturated heterocycles. The summed E-state index contributed by atoms with van der Waals surface area (Å²) in [7, 11) is 0. The minimum absolute atomic E-state index is 0.112. The van der Waals surface area contributed by atoms with Gasteiger partial charge in [0.15, 0.2) is 0 Å². The number of amides is 1. The van der Waals surface area contributed by atoms with Gasteiger partial charge in [-0.3, -0.25) is 4.98 Å². The lowest BCUT2D eigenvalue weighted by atomic mass is 9.93. The zero-order valence-corrected chi connectivity index (χ0v) is 16.8. The van der Waals surface area contributed by atoms with E-state index in [1.54, 1.807) is 30.7 Å². The minimum atomic E-state index is -0.883. The number of pyridine rings is 1. The molecule has 0 saturated carbocycles. The Morgan fingerprint density at radius 1 is 1.07 bits per heavy atom. The Morgan fingerprint density at radius 2 is 1.80 bits per heavy atom. The second-order valence-corrected chi connectivity index (χ2v) is 7.34. The molecule has 8 nitrogen and oxygen atoms in total. The molecule has 1 aliphatic rings. The van der Waals surface area contributed by atoms with Crippen molar-refractivity contribution in [2.24, 2.45) is 0 Å². The zero-order chi connectivity index (χ0) is 20.9. The van der Waals surface area contributed by atoms with Crippen molar-refractivity contribution in [1.29, 1.82) is 0 Å². The average molecular weight is 426 g/mol. The number of hydrogen-bond donors (Lipinski definition) is 2. The van der Waals surface area contributed by atoms with Crippen LogP contribution in [0.3, 0.4) is 0 Å². The minimum Gasteiger partial charge on any atom is -0.465 e. The number of piperidine rings is 1. The fourth-order valence-electron chi connectivity index (χ4n) is 3.35. The highest BCUT2D eigenvalue weighted by Crippen LogP contribution is 2.33. The Labute approximate surface area is 178 Å². The molecule has 0 aliphatic carbocycles. The van der Waals surface area contributed by atoms with Crippen LogP contribution < -0.4 is 10.1 Å². The summed E-state index contributed by atoms with van der Waals surface area (Å²) in [5.74, 6) is 1.89. The summed E-state index contributed by atoms with van der Waals surface area (Å²) in [6, 6.07) is 11.0. The summed E-state index contributed by atoms with van der Waals surface area (Å²) in [6.45, 7) is 0.963. The van der Waals surface area contributed by atoms with Crippen molar-refractivity contribution in [3.05, 3.63) is 65.7 Å². The first-order valence-corrected chi connectivity index (χ1v) is 9.91. The second kappa shape index (κ2) is 8.96. The molecule has 30 heavy (non-hydrogen) atoms. The van der Waals surface area contributed by atoms with Crippen molar-refractivity contribution in [2.45, 2.75) is 18.8 Å². The Bertz CT molecular complexity index is 1010. The normalized spacial score (nSPS) is 14.4. The van der Waals surface area contributed by atoms with Gasteiger partial charge in [0, 0.05) is 43.3 Å². The molecule has 0 bridgehead atoms. The van der Waals surface area contributed by atoms with Crippen molar-refractivity contribution < 1.29 is 14.6 Å². The van der Waals surface area contributed by atoms with Crippen molar-refractivity contribution in [2.75, 3.05) is 18.4 Å². The van der Waals surface area contributed by atoms with E-state index in [-0.39, 0.29) is 5.92 Å². The van der Waals surface area contributed by atoms with Crippen LogP contribution in [0.1, 0.15) is 24.5 Å². The van der Waals surface area contributed by atoms with Crippen LogP contribution in [-0.2, 0) is 0 Å². The standard InChI is InChI=1S/C21H20ClN5O3/c22-15-1-6-18(25-13-15)26-16-2-4-17(5-3-16)30-20-19(23-9-10-24-20)14-7-11-27(12-8-14)21(28)29/h1-6,9-10,13-14H,7-8,11-12H2,(H,25,26)(H,28,29). The number of anilines is 2. The number of carbonyl (C=O) groups is 1. The Kier molecular flexibility index (Phi) is 5.94. The Balaban J connectivity index is 1.43. The van der Waals surface area contributed by atoms with Gasteiger partial charge in [-0.25, -0.2) is 14.8 Å². The molecule has 0 spiro atoms. The van der Waals surface area contributed by atoms with Crippen molar-refractivity contribution in [3.63, 3.8) is 0 Å². The number of benzene rings is 1. The van der Waals surface area contributed by atoms with Crippen molar-refractivity contribution in [3.8, 4) is 11.6 Å². The van der Waals surface area contributed by atoms with Gasteiger partial charge in [0.25, 0.3) is 0 Å². The predicted molar refractivity (Wildman–Crippen MR) is 113 cm³/mol. The number of rotatable bonds is 5. The summed E-state index contributed by atoms with van der Waals surface area (Å²) in [5, 5.41) is 12.9. The van der Waals surface area contributed by atoms with E-state index in [2.05, 4.69) is 20.3 Å². The first-order chi connectivity index (χ1) is 14.6. The molecule has 0 atom stereocenters. The maximum absolute atomic E-state index is 11.1. The molecule has 0 unspecified atom stereocenters. The molecule has 1 fully saturated rings. The van der Waals surface area contributed by atoms with Gasteiger partial charge in [0.05, 0.1) is 5.02 Å². The number of hydrogen-bond acceptors (Lipinski definition) is 6. The third-order valence-corrected chi connectivity index (χ3v) is 5.14. The van der Waals surface area contributed by atoms with E-state index in [0.29, 0.717) is 48.4 Å². The van der Waals surface area contributed by atoms with E-state index >= 15 is 0 Å². The monoisotopic (exact) mass is 425 g/mol. The van der Waals surface area contributed by atoms with Crippen LogP contribution >= 0.6 is 11.6 Å². The number of likely N-dealkylation sites (tertiary alicyclic amines) is 1. The van der Waals surface area contributed by atoms with Crippen LogP contribution in [-0.4, -0.2) is 44.1 Å². The lowest BCUT2D eigenvalue weighted by molar-refractivity contribution is 0.131. The van der Waals surface area contributed by atoms with Gasteiger partial charge in [-0.15, -0.1) is 0 Å². The van der Waals surface area contributed by atoms with Gasteiger partial charge < -0.3 is 20.1 Å². The average Bonchev–Trinajstić information content (AvgIpc) is 2.77. The number of halogens is 1. The first-order valence-electron chi connectivity index (χ1n) is 9.54. The maximum atomic E-state index is 11.1. The number of carboxylic acid groups (broad SMARTS) is 1. The van der Waals surface area contributed by atoms with Gasteiger partial charge in [0.1, 0.15) is 17.3 Å². The zero-order valence-electron chi connectivity index (χ0n) is 16.0. The number of aromatic nitrogens is 3. The highest BCUT2D eigenvalue weighted by molar-refractivity contribution is 6.30. The molecule has 3 aromatic rings. The van der Waals surface area contributed by atoms with Gasteiger partial charge in [-0.2, -0.15) is 0 Å². The summed E-state index contributed by atoms with van der Waals surface area (Å²) < 4.78 is 5.99. The van der Waals surface area contributed by atoms with Crippen LogP contribution in [0.2, 0.25) is 5.02 Å². The van der Waals surface area contributed by atoms with Crippen LogP contribution in [0, 0.1) is 0 Å². The van der Waals surface area contributed by atoms with Crippen LogP contribution in [0.4, 0.5) is 16.3 Å². The molecule has 2 aromatic heterocycles. The van der Waals surface area contributed by atoms with E-state index in [1.807, 2.05) is 24.3 Å². The van der Waals surface area contributed by atoms with Gasteiger partial charge in [-0.05, 0) is 49.2 Å².